The Labute approximate surface area is 195 Å². The summed E-state index contributed by atoms with van der Waals surface area (Å²) in [5.41, 5.74) is 3.26. The fourth-order valence-corrected chi connectivity index (χ4v) is 4.38. The van der Waals surface area contributed by atoms with Crippen LogP contribution in [0, 0.1) is 6.92 Å². The number of hydrogen-bond donors (Lipinski definition) is 3. The molecule has 9 nitrogen and oxygen atoms in total. The SMILES string of the molecule is CCN1CCN(c2ccc(NC(=O)c3cc(NC(C)=O)ccc3NS(C)(=O)=O)c(C)c2)CC1. The van der Waals surface area contributed by atoms with Crippen LogP contribution in [0.5, 0.6) is 0 Å². The summed E-state index contributed by atoms with van der Waals surface area (Å²) in [7, 11) is -3.60. The number of piperazine rings is 1. The fraction of sp³-hybridized carbons (Fsp3) is 0.391. The topological polar surface area (TPSA) is 111 Å². The first-order chi connectivity index (χ1) is 15.6. The quantitative estimate of drug-likeness (QED) is 0.570. The second kappa shape index (κ2) is 10.2. The maximum Gasteiger partial charge on any atom is 0.257 e. The van der Waals surface area contributed by atoms with Gasteiger partial charge in [-0.05, 0) is 55.4 Å². The van der Waals surface area contributed by atoms with Crippen LogP contribution in [0.3, 0.4) is 0 Å². The number of nitrogens with zero attached hydrogens (tertiary/aromatic N) is 2. The van der Waals surface area contributed by atoms with Crippen molar-refractivity contribution < 1.29 is 18.0 Å². The number of sulfonamides is 1. The molecule has 3 rings (SSSR count). The van der Waals surface area contributed by atoms with Crippen molar-refractivity contribution in [1.29, 1.82) is 0 Å². The highest BCUT2D eigenvalue weighted by Gasteiger charge is 2.19. The molecular weight excluding hydrogens is 442 g/mol. The van der Waals surface area contributed by atoms with E-state index >= 15 is 0 Å². The van der Waals surface area contributed by atoms with Crippen molar-refractivity contribution in [3.8, 4) is 0 Å². The zero-order valence-corrected chi connectivity index (χ0v) is 20.3. The van der Waals surface area contributed by atoms with Gasteiger partial charge in [-0.3, -0.25) is 14.3 Å². The molecule has 0 aromatic heterocycles. The van der Waals surface area contributed by atoms with Crippen LogP contribution in [0.1, 0.15) is 29.8 Å². The van der Waals surface area contributed by atoms with Crippen LogP contribution < -0.4 is 20.3 Å². The summed E-state index contributed by atoms with van der Waals surface area (Å²) in [6.45, 7) is 10.5. The number of hydrogen-bond acceptors (Lipinski definition) is 6. The summed E-state index contributed by atoms with van der Waals surface area (Å²) in [4.78, 5) is 29.2. The van der Waals surface area contributed by atoms with Gasteiger partial charge in [0.05, 0.1) is 17.5 Å². The molecule has 178 valence electrons. The predicted molar refractivity (Wildman–Crippen MR) is 133 cm³/mol. The minimum Gasteiger partial charge on any atom is -0.369 e. The maximum atomic E-state index is 13.1. The Hall–Kier alpha value is -3.11. The van der Waals surface area contributed by atoms with Gasteiger partial charge >= 0.3 is 0 Å². The average Bonchev–Trinajstić information content (AvgIpc) is 2.75. The van der Waals surface area contributed by atoms with Crippen molar-refractivity contribution in [3.05, 3.63) is 47.5 Å². The van der Waals surface area contributed by atoms with E-state index in [1.807, 2.05) is 25.1 Å². The number of nitrogens with one attached hydrogen (secondary N) is 3. The number of likely N-dealkylation sites (N-methyl/N-ethyl adjacent to an activating group) is 1. The summed E-state index contributed by atoms with van der Waals surface area (Å²) >= 11 is 0. The molecule has 3 N–H and O–H groups in total. The van der Waals surface area contributed by atoms with Crippen LogP contribution in [0.4, 0.5) is 22.7 Å². The number of benzene rings is 2. The third-order valence-corrected chi connectivity index (χ3v) is 6.11. The zero-order chi connectivity index (χ0) is 24.2. The second-order valence-electron chi connectivity index (χ2n) is 8.19. The van der Waals surface area contributed by atoms with Crippen LogP contribution in [-0.2, 0) is 14.8 Å². The highest BCUT2D eigenvalue weighted by Crippen LogP contribution is 2.27. The summed E-state index contributed by atoms with van der Waals surface area (Å²) < 4.78 is 25.9. The standard InChI is InChI=1S/C23H31N5O4S/c1-5-27-10-12-28(13-11-27)19-7-9-21(16(2)14-19)25-23(30)20-15-18(24-17(3)29)6-8-22(20)26-33(4,31)32/h6-9,14-15,26H,5,10-13H2,1-4H3,(H,24,29)(H,25,30). The lowest BCUT2D eigenvalue weighted by Crippen LogP contribution is -2.46. The highest BCUT2D eigenvalue weighted by atomic mass is 32.2. The fourth-order valence-electron chi connectivity index (χ4n) is 3.80. The molecule has 2 amide bonds. The van der Waals surface area contributed by atoms with Crippen LogP contribution in [-0.4, -0.2) is 64.1 Å². The van der Waals surface area contributed by atoms with Gasteiger partial charge in [0.2, 0.25) is 15.9 Å². The van der Waals surface area contributed by atoms with E-state index in [9.17, 15) is 18.0 Å². The van der Waals surface area contributed by atoms with E-state index in [-0.39, 0.29) is 17.2 Å². The Morgan fingerprint density at radius 3 is 2.21 bits per heavy atom. The smallest absolute Gasteiger partial charge is 0.257 e. The van der Waals surface area contributed by atoms with Gasteiger partial charge in [0.1, 0.15) is 0 Å². The second-order valence-corrected chi connectivity index (χ2v) is 9.94. The normalized spacial score (nSPS) is 14.6. The lowest BCUT2D eigenvalue weighted by molar-refractivity contribution is -0.114. The highest BCUT2D eigenvalue weighted by molar-refractivity contribution is 7.92. The molecule has 2 aromatic rings. The summed E-state index contributed by atoms with van der Waals surface area (Å²) in [5, 5.41) is 5.48. The lowest BCUT2D eigenvalue weighted by atomic mass is 10.1. The van der Waals surface area contributed by atoms with E-state index in [1.165, 1.54) is 25.1 Å². The number of rotatable bonds is 7. The van der Waals surface area contributed by atoms with Crippen LogP contribution in [0.25, 0.3) is 0 Å². The van der Waals surface area contributed by atoms with Crippen LogP contribution in [0.15, 0.2) is 36.4 Å². The summed E-state index contributed by atoms with van der Waals surface area (Å²) in [6.07, 6.45) is 1.01. The Balaban J connectivity index is 1.81. The van der Waals surface area contributed by atoms with Gasteiger partial charge in [-0.25, -0.2) is 8.42 Å². The Morgan fingerprint density at radius 2 is 1.64 bits per heavy atom. The largest absolute Gasteiger partial charge is 0.369 e. The van der Waals surface area contributed by atoms with Gasteiger partial charge in [-0.15, -0.1) is 0 Å². The van der Waals surface area contributed by atoms with E-state index < -0.39 is 15.9 Å². The molecular formula is C23H31N5O4S. The van der Waals surface area contributed by atoms with Crippen LogP contribution >= 0.6 is 0 Å². The summed E-state index contributed by atoms with van der Waals surface area (Å²) in [6, 6.07) is 10.3. The van der Waals surface area contributed by atoms with Crippen molar-refractivity contribution >= 4 is 44.6 Å². The van der Waals surface area contributed by atoms with E-state index in [0.29, 0.717) is 11.4 Å². The summed E-state index contributed by atoms with van der Waals surface area (Å²) in [5.74, 6) is -0.780. The number of anilines is 4. The first-order valence-electron chi connectivity index (χ1n) is 10.8. The monoisotopic (exact) mass is 473 g/mol. The average molecular weight is 474 g/mol. The molecule has 33 heavy (non-hydrogen) atoms. The molecule has 1 heterocycles. The third kappa shape index (κ3) is 6.69. The number of carbonyl (C=O) groups excluding carboxylic acids is 2. The number of carbonyl (C=O) groups is 2. The van der Waals surface area contributed by atoms with Crippen molar-refractivity contribution in [3.63, 3.8) is 0 Å². The molecule has 0 atom stereocenters. The molecule has 1 aliphatic heterocycles. The minimum absolute atomic E-state index is 0.103. The Bertz CT molecular complexity index is 1140. The van der Waals surface area contributed by atoms with Gasteiger partial charge in [0.15, 0.2) is 0 Å². The van der Waals surface area contributed by atoms with Crippen molar-refractivity contribution in [2.24, 2.45) is 0 Å². The van der Waals surface area contributed by atoms with Crippen molar-refractivity contribution in [1.82, 2.24) is 4.90 Å². The third-order valence-electron chi connectivity index (χ3n) is 5.52. The van der Waals surface area contributed by atoms with Crippen LogP contribution in [0.2, 0.25) is 0 Å². The Kier molecular flexibility index (Phi) is 7.60. The molecule has 1 aliphatic rings. The molecule has 2 aromatic carbocycles. The molecule has 1 fully saturated rings. The molecule has 0 bridgehead atoms. The molecule has 0 spiro atoms. The van der Waals surface area contributed by atoms with Crippen molar-refractivity contribution in [2.45, 2.75) is 20.8 Å². The van der Waals surface area contributed by atoms with E-state index in [0.717, 1.165) is 50.2 Å². The molecule has 10 heteroatoms. The van der Waals surface area contributed by atoms with E-state index in [2.05, 4.69) is 32.1 Å². The minimum atomic E-state index is -3.60. The van der Waals surface area contributed by atoms with E-state index in [4.69, 9.17) is 0 Å². The zero-order valence-electron chi connectivity index (χ0n) is 19.4. The van der Waals surface area contributed by atoms with E-state index in [1.54, 1.807) is 0 Å². The van der Waals surface area contributed by atoms with Gasteiger partial charge in [0, 0.05) is 50.2 Å². The molecule has 0 aliphatic carbocycles. The number of amides is 2. The predicted octanol–water partition coefficient (Wildman–Crippen LogP) is 2.72. The molecule has 1 saturated heterocycles. The van der Waals surface area contributed by atoms with Gasteiger partial charge in [-0.1, -0.05) is 6.92 Å². The molecule has 0 unspecified atom stereocenters. The number of aryl methyl sites for hydroxylation is 1. The Morgan fingerprint density at radius 1 is 0.970 bits per heavy atom. The maximum absolute atomic E-state index is 13.1. The van der Waals surface area contributed by atoms with Crippen molar-refractivity contribution in [2.75, 3.05) is 59.2 Å². The molecule has 0 radical (unpaired) electrons. The van der Waals surface area contributed by atoms with Gasteiger partial charge in [0.25, 0.3) is 5.91 Å². The first-order valence-corrected chi connectivity index (χ1v) is 12.7. The lowest BCUT2D eigenvalue weighted by Gasteiger charge is -2.35. The molecule has 0 saturated carbocycles. The van der Waals surface area contributed by atoms with Gasteiger partial charge < -0.3 is 20.4 Å². The first kappa shape index (κ1) is 24.5. The van der Waals surface area contributed by atoms with Gasteiger partial charge in [-0.2, -0.15) is 0 Å².